The van der Waals surface area contributed by atoms with Crippen LogP contribution in [0.5, 0.6) is 0 Å². The number of methoxy groups -OCH3 is 1. The molecule has 0 unspecified atom stereocenters. The van der Waals surface area contributed by atoms with Gasteiger partial charge in [-0.05, 0) is 34.6 Å². The first-order chi connectivity index (χ1) is 11.6. The molecule has 0 radical (unpaired) electrons. The zero-order valence-corrected chi connectivity index (χ0v) is 16.6. The van der Waals surface area contributed by atoms with Crippen LogP contribution in [0.3, 0.4) is 0 Å². The summed E-state index contributed by atoms with van der Waals surface area (Å²) in [6.45, 7) is 11.4. The maximum absolute atomic E-state index is 12.8. The van der Waals surface area contributed by atoms with E-state index in [2.05, 4.69) is 0 Å². The van der Waals surface area contributed by atoms with Crippen LogP contribution in [0.4, 0.5) is 4.79 Å². The average molecular weight is 372 g/mol. The summed E-state index contributed by atoms with van der Waals surface area (Å²) < 4.78 is 16.3. The lowest BCUT2D eigenvalue weighted by atomic mass is 9.91. The van der Waals surface area contributed by atoms with Gasteiger partial charge in [-0.2, -0.15) is 0 Å². The number of hydrogen-bond donors (Lipinski definition) is 0. The average Bonchev–Trinajstić information content (AvgIpc) is 3.16. The van der Waals surface area contributed by atoms with E-state index in [4.69, 9.17) is 14.2 Å². The summed E-state index contributed by atoms with van der Waals surface area (Å²) in [7, 11) is 1.25. The van der Waals surface area contributed by atoms with Gasteiger partial charge in [0.15, 0.2) is 0 Å². The molecule has 1 saturated carbocycles. The predicted molar refractivity (Wildman–Crippen MR) is 90.9 cm³/mol. The van der Waals surface area contributed by atoms with Crippen molar-refractivity contribution in [1.29, 1.82) is 0 Å². The second-order valence-corrected chi connectivity index (χ2v) is 8.86. The van der Waals surface area contributed by atoms with Gasteiger partial charge in [-0.25, -0.2) is 4.79 Å². The van der Waals surface area contributed by atoms with Crippen LogP contribution < -0.4 is 0 Å². The van der Waals surface area contributed by atoms with Gasteiger partial charge in [-0.15, -0.1) is 0 Å². The van der Waals surface area contributed by atoms with Crippen molar-refractivity contribution in [2.45, 2.75) is 77.5 Å². The zero-order valence-electron chi connectivity index (χ0n) is 16.6. The largest absolute Gasteiger partial charge is 0.469 e. The molecule has 1 aliphatic carbocycles. The molecule has 2 rings (SSSR count). The minimum atomic E-state index is -1.43. The summed E-state index contributed by atoms with van der Waals surface area (Å²) >= 11 is 0. The molecule has 1 saturated heterocycles. The monoisotopic (exact) mass is 372 g/mol. The Labute approximate surface area is 153 Å². The molecule has 1 amide bonds. The van der Waals surface area contributed by atoms with E-state index in [1.54, 1.807) is 34.6 Å². The van der Waals surface area contributed by atoms with Crippen molar-refractivity contribution in [3.05, 3.63) is 10.1 Å². The molecule has 9 nitrogen and oxygen atoms in total. The number of fused-ring (bicyclic) bond motifs is 1. The number of carbonyl (C=O) groups excluding carboxylic acids is 2. The molecule has 4 atom stereocenters. The van der Waals surface area contributed by atoms with E-state index >= 15 is 0 Å². The molecule has 0 aromatic heterocycles. The second kappa shape index (κ2) is 6.07. The highest BCUT2D eigenvalue weighted by atomic mass is 16.6. The van der Waals surface area contributed by atoms with Gasteiger partial charge >= 0.3 is 12.1 Å². The molecular weight excluding hydrogens is 344 g/mol. The molecular formula is C17H28N2O7. The number of rotatable bonds is 3. The van der Waals surface area contributed by atoms with E-state index < -0.39 is 57.8 Å². The van der Waals surface area contributed by atoms with Gasteiger partial charge in [0.05, 0.1) is 19.1 Å². The second-order valence-electron chi connectivity index (χ2n) is 8.86. The Hall–Kier alpha value is -1.90. The summed E-state index contributed by atoms with van der Waals surface area (Å²) in [4.78, 5) is 37.5. The lowest BCUT2D eigenvalue weighted by Gasteiger charge is -2.46. The Kier molecular flexibility index (Phi) is 4.77. The van der Waals surface area contributed by atoms with Gasteiger partial charge in [0.2, 0.25) is 5.54 Å². The van der Waals surface area contributed by atoms with Crippen LogP contribution in [0, 0.1) is 22.0 Å². The first kappa shape index (κ1) is 20.4. The third kappa shape index (κ3) is 3.36. The Morgan fingerprint density at radius 3 is 2.15 bits per heavy atom. The molecule has 148 valence electrons. The summed E-state index contributed by atoms with van der Waals surface area (Å²) in [6, 6.07) is -0.565. The van der Waals surface area contributed by atoms with Crippen molar-refractivity contribution in [1.82, 2.24) is 4.90 Å². The number of ether oxygens (including phenoxy) is 3. The number of nitro groups is 1. The molecule has 26 heavy (non-hydrogen) atoms. The molecule has 0 N–H and O–H groups in total. The van der Waals surface area contributed by atoms with Gasteiger partial charge < -0.3 is 14.2 Å². The molecule has 0 aromatic carbocycles. The van der Waals surface area contributed by atoms with E-state index in [0.717, 1.165) is 0 Å². The van der Waals surface area contributed by atoms with Crippen molar-refractivity contribution in [2.24, 2.45) is 11.8 Å². The van der Waals surface area contributed by atoms with Crippen molar-refractivity contribution in [2.75, 3.05) is 7.11 Å². The lowest BCUT2D eigenvalue weighted by molar-refractivity contribution is -0.580. The minimum absolute atomic E-state index is 0.416. The third-order valence-electron chi connectivity index (χ3n) is 4.91. The van der Waals surface area contributed by atoms with E-state index in [1.165, 1.54) is 25.9 Å². The number of hydrogen-bond acceptors (Lipinski definition) is 7. The number of esters is 1. The molecule has 0 spiro atoms. The summed E-state index contributed by atoms with van der Waals surface area (Å²) in [6.07, 6.45) is -1.47. The van der Waals surface area contributed by atoms with Crippen molar-refractivity contribution in [3.63, 3.8) is 0 Å². The highest BCUT2D eigenvalue weighted by Gasteiger charge is 2.74. The molecule has 2 aliphatic rings. The molecule has 0 bridgehead atoms. The van der Waals surface area contributed by atoms with Crippen LogP contribution in [0.15, 0.2) is 0 Å². The smallest absolute Gasteiger partial charge is 0.412 e. The van der Waals surface area contributed by atoms with Crippen LogP contribution >= 0.6 is 0 Å². The number of carbonyl (C=O) groups is 2. The molecule has 9 heteroatoms. The Bertz CT molecular complexity index is 623. The van der Waals surface area contributed by atoms with E-state index in [-0.39, 0.29) is 0 Å². The standard InChI is InChI=1S/C17H28N2O7/c1-15(2,3)26-14(21)18-11-9(10(11)13(20)24-8)12(25-17(18,6)7)16(4,5)19(22)23/h9-12H,1-8H3/t9-,10-,11-,12-/m0/s1. The van der Waals surface area contributed by atoms with Crippen molar-refractivity contribution >= 4 is 12.1 Å². The van der Waals surface area contributed by atoms with Crippen LogP contribution in [-0.2, 0) is 19.0 Å². The van der Waals surface area contributed by atoms with Gasteiger partial charge in [0, 0.05) is 24.7 Å². The highest BCUT2D eigenvalue weighted by molar-refractivity contribution is 5.80. The molecule has 0 aromatic rings. The SMILES string of the molecule is COC(=O)[C@H]1[C@H]2[C@@H]1N(C(=O)OC(C)(C)C)C(C)(C)O[C@@H]2C(C)(C)[N+](=O)[O-]. The Morgan fingerprint density at radius 1 is 1.19 bits per heavy atom. The van der Waals surface area contributed by atoms with E-state index in [1.807, 2.05) is 0 Å². The highest BCUT2D eigenvalue weighted by Crippen LogP contribution is 2.56. The maximum atomic E-state index is 12.8. The maximum Gasteiger partial charge on any atom is 0.412 e. The van der Waals surface area contributed by atoms with Crippen molar-refractivity contribution < 1.29 is 28.7 Å². The third-order valence-corrected chi connectivity index (χ3v) is 4.91. The van der Waals surface area contributed by atoms with Gasteiger partial charge in [0.25, 0.3) is 0 Å². The van der Waals surface area contributed by atoms with E-state index in [9.17, 15) is 19.7 Å². The number of amides is 1. The van der Waals surface area contributed by atoms with Crippen LogP contribution in [-0.4, -0.2) is 58.0 Å². The fourth-order valence-electron chi connectivity index (χ4n) is 3.63. The number of nitrogens with zero attached hydrogens (tertiary/aromatic N) is 2. The minimum Gasteiger partial charge on any atom is -0.469 e. The summed E-state index contributed by atoms with van der Waals surface area (Å²) in [5.74, 6) is -1.72. The normalized spacial score (nSPS) is 30.2. The van der Waals surface area contributed by atoms with Crippen LogP contribution in [0.2, 0.25) is 0 Å². The first-order valence-corrected chi connectivity index (χ1v) is 8.57. The van der Waals surface area contributed by atoms with Crippen LogP contribution in [0.25, 0.3) is 0 Å². The molecule has 1 heterocycles. The summed E-state index contributed by atoms with van der Waals surface area (Å²) in [5.41, 5.74) is -3.33. The quantitative estimate of drug-likeness (QED) is 0.424. The van der Waals surface area contributed by atoms with Gasteiger partial charge in [-0.1, -0.05) is 0 Å². The Morgan fingerprint density at radius 2 is 1.73 bits per heavy atom. The topological polar surface area (TPSA) is 108 Å². The van der Waals surface area contributed by atoms with Gasteiger partial charge in [-0.3, -0.25) is 19.8 Å². The Balaban J connectivity index is 2.42. The lowest BCUT2D eigenvalue weighted by Crippen LogP contribution is -2.62. The van der Waals surface area contributed by atoms with Gasteiger partial charge in [0.1, 0.15) is 17.4 Å². The summed E-state index contributed by atoms with van der Waals surface area (Å²) in [5, 5.41) is 11.5. The van der Waals surface area contributed by atoms with Crippen LogP contribution in [0.1, 0.15) is 48.5 Å². The predicted octanol–water partition coefficient (Wildman–Crippen LogP) is 2.20. The zero-order chi connectivity index (χ0) is 20.2. The van der Waals surface area contributed by atoms with Crippen molar-refractivity contribution in [3.8, 4) is 0 Å². The van der Waals surface area contributed by atoms with E-state index in [0.29, 0.717) is 0 Å². The molecule has 2 fully saturated rings. The fourth-order valence-corrected chi connectivity index (χ4v) is 3.63. The fraction of sp³-hybridized carbons (Fsp3) is 0.882. The molecule has 1 aliphatic heterocycles. The first-order valence-electron chi connectivity index (χ1n) is 8.57.